The van der Waals surface area contributed by atoms with Gasteiger partial charge in [-0.1, -0.05) is 13.8 Å². The molecule has 1 aromatic rings. The van der Waals surface area contributed by atoms with Gasteiger partial charge >= 0.3 is 5.97 Å². The first-order valence-corrected chi connectivity index (χ1v) is 6.82. The molecule has 0 fully saturated rings. The third-order valence-corrected chi connectivity index (χ3v) is 4.03. The molecule has 2 N–H and O–H groups in total. The molecule has 6 heteroatoms. The molecule has 0 amide bonds. The Balaban J connectivity index is 3.06. The second-order valence-electron chi connectivity index (χ2n) is 4.56. The van der Waals surface area contributed by atoms with Gasteiger partial charge in [0.1, 0.15) is 10.6 Å². The van der Waals surface area contributed by atoms with Crippen LogP contribution in [0, 0.1) is 5.92 Å². The molecular weight excluding hydrogens is 250 g/mol. The lowest BCUT2D eigenvalue weighted by Gasteiger charge is -2.28. The zero-order valence-electron chi connectivity index (χ0n) is 11.6. The van der Waals surface area contributed by atoms with E-state index in [1.165, 1.54) is 11.5 Å². The molecule has 0 aliphatic rings. The van der Waals surface area contributed by atoms with Crippen molar-refractivity contribution < 1.29 is 9.53 Å². The summed E-state index contributed by atoms with van der Waals surface area (Å²) < 4.78 is 9.08. The first-order chi connectivity index (χ1) is 8.40. The van der Waals surface area contributed by atoms with Crippen molar-refractivity contribution in [3.8, 4) is 0 Å². The number of rotatable bonds is 5. The first kappa shape index (κ1) is 14.8. The number of hydrogen-bond acceptors (Lipinski definition) is 6. The van der Waals surface area contributed by atoms with Gasteiger partial charge in [-0.05, 0) is 31.3 Å². The molecule has 5 nitrogen and oxygen atoms in total. The number of hydrogen-bond donors (Lipinski definition) is 1. The molecule has 1 rings (SSSR count). The fourth-order valence-corrected chi connectivity index (χ4v) is 2.41. The maximum Gasteiger partial charge on any atom is 0.345 e. The summed E-state index contributed by atoms with van der Waals surface area (Å²) in [7, 11) is 1.94. The molecule has 1 heterocycles. The summed E-state index contributed by atoms with van der Waals surface area (Å²) >= 11 is 1.23. The summed E-state index contributed by atoms with van der Waals surface area (Å²) in [5, 5.41) is 0.771. The molecule has 1 aromatic heterocycles. The summed E-state index contributed by atoms with van der Waals surface area (Å²) in [5.41, 5.74) is 6.14. The Morgan fingerprint density at radius 2 is 2.11 bits per heavy atom. The minimum absolute atomic E-state index is 0.247. The fraction of sp³-hybridized carbons (Fsp3) is 0.667. The quantitative estimate of drug-likeness (QED) is 0.833. The highest BCUT2D eigenvalue weighted by atomic mass is 32.1. The zero-order valence-corrected chi connectivity index (χ0v) is 12.4. The van der Waals surface area contributed by atoms with E-state index in [1.54, 1.807) is 6.92 Å². The van der Waals surface area contributed by atoms with E-state index in [-0.39, 0.29) is 11.9 Å². The summed E-state index contributed by atoms with van der Waals surface area (Å²) in [6, 6.07) is 0.290. The second kappa shape index (κ2) is 6.04. The minimum Gasteiger partial charge on any atom is -0.462 e. The van der Waals surface area contributed by atoms with Crippen LogP contribution in [-0.4, -0.2) is 30.0 Å². The van der Waals surface area contributed by atoms with Crippen LogP contribution >= 0.6 is 11.5 Å². The highest BCUT2D eigenvalue weighted by Crippen LogP contribution is 2.32. The van der Waals surface area contributed by atoms with Crippen molar-refractivity contribution >= 4 is 28.3 Å². The maximum absolute atomic E-state index is 11.9. The number of ether oxygens (including phenoxy) is 1. The van der Waals surface area contributed by atoms with Crippen LogP contribution in [0.15, 0.2) is 0 Å². The van der Waals surface area contributed by atoms with E-state index in [4.69, 9.17) is 10.5 Å². The molecule has 102 valence electrons. The summed E-state index contributed by atoms with van der Waals surface area (Å²) in [5.74, 6) is 0.311. The van der Waals surface area contributed by atoms with E-state index in [0.29, 0.717) is 18.1 Å². The number of carbonyl (C=O) groups excluding carboxylic acids is 1. The maximum atomic E-state index is 11.9. The molecule has 0 bridgehead atoms. The average Bonchev–Trinajstić information content (AvgIpc) is 2.69. The molecule has 0 radical (unpaired) electrons. The van der Waals surface area contributed by atoms with Crippen molar-refractivity contribution in [2.45, 2.75) is 33.7 Å². The predicted octanol–water partition coefficient (Wildman–Crippen LogP) is 2.38. The highest BCUT2D eigenvalue weighted by molar-refractivity contribution is 7.11. The number of anilines is 2. The van der Waals surface area contributed by atoms with E-state index < -0.39 is 5.97 Å². The molecule has 0 aromatic carbocycles. The van der Waals surface area contributed by atoms with Crippen molar-refractivity contribution in [2.24, 2.45) is 5.92 Å². The van der Waals surface area contributed by atoms with Crippen LogP contribution in [0.3, 0.4) is 0 Å². The van der Waals surface area contributed by atoms with Crippen LogP contribution < -0.4 is 10.6 Å². The molecule has 1 atom stereocenters. The molecule has 18 heavy (non-hydrogen) atoms. The van der Waals surface area contributed by atoms with E-state index in [9.17, 15) is 4.79 Å². The molecule has 0 aliphatic heterocycles. The van der Waals surface area contributed by atoms with Crippen LogP contribution in [0.5, 0.6) is 0 Å². The fourth-order valence-electron chi connectivity index (χ4n) is 1.56. The van der Waals surface area contributed by atoms with Crippen molar-refractivity contribution in [1.29, 1.82) is 0 Å². The van der Waals surface area contributed by atoms with Gasteiger partial charge in [-0.3, -0.25) is 0 Å². The number of esters is 1. The highest BCUT2D eigenvalue weighted by Gasteiger charge is 2.26. The predicted molar refractivity (Wildman–Crippen MR) is 75.2 cm³/mol. The van der Waals surface area contributed by atoms with Crippen molar-refractivity contribution in [3.05, 3.63) is 5.56 Å². The molecule has 0 saturated carbocycles. The van der Waals surface area contributed by atoms with Crippen molar-refractivity contribution in [2.75, 3.05) is 24.3 Å². The third kappa shape index (κ3) is 2.93. The summed E-state index contributed by atoms with van der Waals surface area (Å²) in [6.45, 7) is 8.48. The standard InChI is InChI=1S/C12H21N3O2S/c1-6-17-12(16)9-10(13)14-18-11(9)15(5)8(4)7(2)3/h7-8H,6H2,1-5H3,(H2,13,14). The lowest BCUT2D eigenvalue weighted by Crippen LogP contribution is -2.33. The molecule has 0 saturated heterocycles. The van der Waals surface area contributed by atoms with E-state index in [1.807, 2.05) is 11.9 Å². The Labute approximate surface area is 112 Å². The Bertz CT molecular complexity index is 417. The van der Waals surface area contributed by atoms with Gasteiger partial charge in [-0.2, -0.15) is 4.37 Å². The average molecular weight is 271 g/mol. The number of nitrogen functional groups attached to an aromatic ring is 1. The summed E-state index contributed by atoms with van der Waals surface area (Å²) in [6.07, 6.45) is 0. The van der Waals surface area contributed by atoms with Gasteiger partial charge in [0.25, 0.3) is 0 Å². The van der Waals surface area contributed by atoms with E-state index in [0.717, 1.165) is 5.00 Å². The topological polar surface area (TPSA) is 68.5 Å². The first-order valence-electron chi connectivity index (χ1n) is 6.05. The van der Waals surface area contributed by atoms with Gasteiger partial charge in [0.2, 0.25) is 0 Å². The monoisotopic (exact) mass is 271 g/mol. The van der Waals surface area contributed by atoms with Gasteiger partial charge in [0.15, 0.2) is 5.82 Å². The Kier molecular flexibility index (Phi) is 4.95. The van der Waals surface area contributed by atoms with Gasteiger partial charge in [-0.25, -0.2) is 4.79 Å². The smallest absolute Gasteiger partial charge is 0.345 e. The SMILES string of the molecule is CCOC(=O)c1c(N)nsc1N(C)C(C)C(C)C. The van der Waals surface area contributed by atoms with Gasteiger partial charge in [0, 0.05) is 13.1 Å². The molecule has 0 spiro atoms. The van der Waals surface area contributed by atoms with Crippen LogP contribution in [-0.2, 0) is 4.74 Å². The van der Waals surface area contributed by atoms with Gasteiger partial charge < -0.3 is 15.4 Å². The Hall–Kier alpha value is -1.30. The molecule has 1 unspecified atom stereocenters. The Morgan fingerprint density at radius 1 is 1.50 bits per heavy atom. The van der Waals surface area contributed by atoms with Crippen LogP contribution in [0.4, 0.5) is 10.8 Å². The summed E-state index contributed by atoms with van der Waals surface area (Å²) in [4.78, 5) is 13.9. The van der Waals surface area contributed by atoms with Crippen LogP contribution in [0.25, 0.3) is 0 Å². The largest absolute Gasteiger partial charge is 0.462 e. The zero-order chi connectivity index (χ0) is 13.9. The normalized spacial score (nSPS) is 12.6. The van der Waals surface area contributed by atoms with Crippen molar-refractivity contribution in [3.63, 3.8) is 0 Å². The third-order valence-electron chi connectivity index (χ3n) is 3.08. The van der Waals surface area contributed by atoms with Crippen molar-refractivity contribution in [1.82, 2.24) is 4.37 Å². The Morgan fingerprint density at radius 3 is 2.61 bits per heavy atom. The van der Waals surface area contributed by atoms with Crippen LogP contribution in [0.1, 0.15) is 38.1 Å². The lowest BCUT2D eigenvalue weighted by atomic mass is 10.1. The van der Waals surface area contributed by atoms with Crippen LogP contribution in [0.2, 0.25) is 0 Å². The lowest BCUT2D eigenvalue weighted by molar-refractivity contribution is 0.0528. The molecular formula is C12H21N3O2S. The molecule has 0 aliphatic carbocycles. The number of aromatic nitrogens is 1. The second-order valence-corrected chi connectivity index (χ2v) is 5.32. The van der Waals surface area contributed by atoms with E-state index >= 15 is 0 Å². The number of carbonyl (C=O) groups is 1. The minimum atomic E-state index is -0.401. The number of nitrogens with two attached hydrogens (primary N) is 1. The van der Waals surface area contributed by atoms with Gasteiger partial charge in [0.05, 0.1) is 6.61 Å². The number of nitrogens with zero attached hydrogens (tertiary/aromatic N) is 2. The van der Waals surface area contributed by atoms with E-state index in [2.05, 4.69) is 25.1 Å². The van der Waals surface area contributed by atoms with Gasteiger partial charge in [-0.15, -0.1) is 0 Å².